The molecule has 1 aromatic rings. The molecule has 1 atom stereocenters. The second-order valence-electron chi connectivity index (χ2n) is 6.65. The van der Waals surface area contributed by atoms with Gasteiger partial charge in [0.1, 0.15) is 5.69 Å². The van der Waals surface area contributed by atoms with Gasteiger partial charge in [0.2, 0.25) is 0 Å². The molecule has 1 saturated carbocycles. The lowest BCUT2D eigenvalue weighted by atomic mass is 10.1. The number of hydrogen-bond acceptors (Lipinski definition) is 4. The molecule has 1 unspecified atom stereocenters. The van der Waals surface area contributed by atoms with E-state index in [9.17, 15) is 9.59 Å². The Balaban J connectivity index is 1.68. The summed E-state index contributed by atoms with van der Waals surface area (Å²) in [4.78, 5) is 28.7. The second-order valence-corrected chi connectivity index (χ2v) is 6.65. The average molecular weight is 318 g/mol. The van der Waals surface area contributed by atoms with Crippen LogP contribution in [0.25, 0.3) is 0 Å². The number of carbonyl (C=O) groups excluding carboxylic acids is 1. The van der Waals surface area contributed by atoms with Crippen LogP contribution in [-0.4, -0.2) is 57.2 Å². The van der Waals surface area contributed by atoms with E-state index in [1.807, 2.05) is 11.8 Å². The first-order valence-electron chi connectivity index (χ1n) is 8.73. The first kappa shape index (κ1) is 16.2. The monoisotopic (exact) mass is 318 g/mol. The minimum atomic E-state index is -0.163. The maximum atomic E-state index is 12.7. The standard InChI is InChI=1S/C17H26N4O2/c1-3-21-16(22)9-8-15(18-21)17(23)19-10-11-20(13(2)12-19)14-6-4-5-7-14/h8-9,13-14H,3-7,10-12H2,1-2H3. The van der Waals surface area contributed by atoms with Crippen LogP contribution in [0.2, 0.25) is 0 Å². The van der Waals surface area contributed by atoms with E-state index in [1.165, 1.54) is 36.4 Å². The molecule has 1 aliphatic heterocycles. The summed E-state index contributed by atoms with van der Waals surface area (Å²) in [5.74, 6) is -0.0647. The van der Waals surface area contributed by atoms with Gasteiger partial charge in [0.05, 0.1) is 0 Å². The lowest BCUT2D eigenvalue weighted by Gasteiger charge is -2.42. The van der Waals surface area contributed by atoms with Gasteiger partial charge in [-0.05, 0) is 32.8 Å². The second kappa shape index (κ2) is 6.83. The van der Waals surface area contributed by atoms with Crippen molar-refractivity contribution in [2.75, 3.05) is 19.6 Å². The largest absolute Gasteiger partial charge is 0.334 e. The lowest BCUT2D eigenvalue weighted by Crippen LogP contribution is -2.56. The molecule has 0 radical (unpaired) electrons. The van der Waals surface area contributed by atoms with Crippen LogP contribution in [0.3, 0.4) is 0 Å². The summed E-state index contributed by atoms with van der Waals surface area (Å²) in [6.45, 7) is 6.95. The highest BCUT2D eigenvalue weighted by atomic mass is 16.2. The Bertz CT molecular complexity index is 621. The topological polar surface area (TPSA) is 58.4 Å². The van der Waals surface area contributed by atoms with Crippen molar-refractivity contribution in [1.82, 2.24) is 19.6 Å². The summed E-state index contributed by atoms with van der Waals surface area (Å²) >= 11 is 0. The molecule has 1 aromatic heterocycles. The first-order valence-corrected chi connectivity index (χ1v) is 8.73. The third-order valence-electron chi connectivity index (χ3n) is 5.15. The van der Waals surface area contributed by atoms with Crippen LogP contribution in [0.15, 0.2) is 16.9 Å². The van der Waals surface area contributed by atoms with E-state index in [2.05, 4.69) is 16.9 Å². The molecule has 1 saturated heterocycles. The van der Waals surface area contributed by atoms with Crippen molar-refractivity contribution in [3.8, 4) is 0 Å². The summed E-state index contributed by atoms with van der Waals surface area (Å²) < 4.78 is 1.34. The van der Waals surface area contributed by atoms with Gasteiger partial charge in [-0.15, -0.1) is 0 Å². The molecule has 0 bridgehead atoms. The molecule has 3 rings (SSSR count). The molecule has 0 N–H and O–H groups in total. The number of amides is 1. The van der Waals surface area contributed by atoms with Crippen LogP contribution in [0.4, 0.5) is 0 Å². The van der Waals surface area contributed by atoms with Crippen LogP contribution < -0.4 is 5.56 Å². The molecule has 6 nitrogen and oxygen atoms in total. The predicted molar refractivity (Wildman–Crippen MR) is 88.5 cm³/mol. The van der Waals surface area contributed by atoms with Crippen molar-refractivity contribution in [2.24, 2.45) is 0 Å². The molecular weight excluding hydrogens is 292 g/mol. The van der Waals surface area contributed by atoms with Crippen molar-refractivity contribution in [3.63, 3.8) is 0 Å². The van der Waals surface area contributed by atoms with Gasteiger partial charge in [0.25, 0.3) is 11.5 Å². The van der Waals surface area contributed by atoms with Crippen molar-refractivity contribution >= 4 is 5.91 Å². The fourth-order valence-corrected chi connectivity index (χ4v) is 3.89. The molecule has 6 heteroatoms. The number of aromatic nitrogens is 2. The van der Waals surface area contributed by atoms with Crippen LogP contribution in [0.1, 0.15) is 50.0 Å². The fraction of sp³-hybridized carbons (Fsp3) is 0.706. The Morgan fingerprint density at radius 3 is 2.65 bits per heavy atom. The average Bonchev–Trinajstić information content (AvgIpc) is 3.08. The number of rotatable bonds is 3. The van der Waals surface area contributed by atoms with Gasteiger partial charge in [0, 0.05) is 44.3 Å². The Hall–Kier alpha value is -1.69. The van der Waals surface area contributed by atoms with Gasteiger partial charge < -0.3 is 4.90 Å². The zero-order valence-electron chi connectivity index (χ0n) is 14.1. The molecule has 2 fully saturated rings. The van der Waals surface area contributed by atoms with Gasteiger partial charge in [-0.1, -0.05) is 12.8 Å². The summed E-state index contributed by atoms with van der Waals surface area (Å²) in [6.07, 6.45) is 5.25. The third kappa shape index (κ3) is 3.32. The zero-order valence-corrected chi connectivity index (χ0v) is 14.1. The Morgan fingerprint density at radius 2 is 2.00 bits per heavy atom. The maximum Gasteiger partial charge on any atom is 0.274 e. The van der Waals surface area contributed by atoms with Crippen molar-refractivity contribution in [1.29, 1.82) is 0 Å². The number of carbonyl (C=O) groups is 1. The number of hydrogen-bond donors (Lipinski definition) is 0. The molecule has 0 spiro atoms. The maximum absolute atomic E-state index is 12.7. The Labute approximate surface area is 137 Å². The number of nitrogens with zero attached hydrogens (tertiary/aromatic N) is 4. The third-order valence-corrected chi connectivity index (χ3v) is 5.15. The van der Waals surface area contributed by atoms with E-state index in [0.717, 1.165) is 19.6 Å². The number of aryl methyl sites for hydroxylation is 1. The molecular formula is C17H26N4O2. The smallest absolute Gasteiger partial charge is 0.274 e. The molecule has 1 aliphatic carbocycles. The molecule has 23 heavy (non-hydrogen) atoms. The van der Waals surface area contributed by atoms with Crippen molar-refractivity contribution in [3.05, 3.63) is 28.2 Å². The Morgan fingerprint density at radius 1 is 1.26 bits per heavy atom. The molecule has 2 heterocycles. The van der Waals surface area contributed by atoms with Crippen LogP contribution >= 0.6 is 0 Å². The quantitative estimate of drug-likeness (QED) is 0.844. The highest BCUT2D eigenvalue weighted by molar-refractivity contribution is 5.92. The van der Waals surface area contributed by atoms with Gasteiger partial charge in [-0.25, -0.2) is 4.68 Å². The van der Waals surface area contributed by atoms with E-state index in [1.54, 1.807) is 6.07 Å². The first-order chi connectivity index (χ1) is 11.1. The zero-order chi connectivity index (χ0) is 16.4. The number of piperazine rings is 1. The van der Waals surface area contributed by atoms with Gasteiger partial charge in [0.15, 0.2) is 0 Å². The lowest BCUT2D eigenvalue weighted by molar-refractivity contribution is 0.0375. The SMILES string of the molecule is CCn1nc(C(=O)N2CCN(C3CCCC3)C(C)C2)ccc1=O. The van der Waals surface area contributed by atoms with E-state index in [-0.39, 0.29) is 11.5 Å². The van der Waals surface area contributed by atoms with Crippen LogP contribution in [-0.2, 0) is 6.54 Å². The molecule has 2 aliphatic rings. The minimum absolute atomic E-state index is 0.0647. The summed E-state index contributed by atoms with van der Waals surface area (Å²) in [7, 11) is 0. The molecule has 1 amide bonds. The predicted octanol–water partition coefficient (Wildman–Crippen LogP) is 1.35. The van der Waals surface area contributed by atoms with E-state index in [0.29, 0.717) is 24.3 Å². The van der Waals surface area contributed by atoms with Gasteiger partial charge in [-0.2, -0.15) is 5.10 Å². The van der Waals surface area contributed by atoms with E-state index >= 15 is 0 Å². The Kier molecular flexibility index (Phi) is 4.80. The van der Waals surface area contributed by atoms with Crippen molar-refractivity contribution in [2.45, 2.75) is 58.2 Å². The van der Waals surface area contributed by atoms with Crippen LogP contribution in [0.5, 0.6) is 0 Å². The summed E-state index contributed by atoms with van der Waals surface area (Å²) in [5, 5.41) is 4.19. The highest BCUT2D eigenvalue weighted by Gasteiger charge is 2.33. The molecule has 126 valence electrons. The van der Waals surface area contributed by atoms with E-state index < -0.39 is 0 Å². The minimum Gasteiger partial charge on any atom is -0.334 e. The fourth-order valence-electron chi connectivity index (χ4n) is 3.89. The van der Waals surface area contributed by atoms with Gasteiger partial charge in [-0.3, -0.25) is 14.5 Å². The normalized spacial score (nSPS) is 23.4. The van der Waals surface area contributed by atoms with E-state index in [4.69, 9.17) is 0 Å². The van der Waals surface area contributed by atoms with Crippen molar-refractivity contribution < 1.29 is 4.79 Å². The summed E-state index contributed by atoms with van der Waals surface area (Å²) in [5.41, 5.74) is 0.205. The summed E-state index contributed by atoms with van der Waals surface area (Å²) in [6, 6.07) is 4.06. The van der Waals surface area contributed by atoms with Crippen LogP contribution in [0, 0.1) is 0 Å². The molecule has 0 aromatic carbocycles. The highest BCUT2D eigenvalue weighted by Crippen LogP contribution is 2.27. The van der Waals surface area contributed by atoms with Gasteiger partial charge >= 0.3 is 0 Å².